The molecule has 0 bridgehead atoms. The fourth-order valence-corrected chi connectivity index (χ4v) is 2.67. The van der Waals surface area contributed by atoms with Gasteiger partial charge in [-0.1, -0.05) is 0 Å². The van der Waals surface area contributed by atoms with Crippen LogP contribution < -0.4 is 5.32 Å². The van der Waals surface area contributed by atoms with Gasteiger partial charge in [-0.25, -0.2) is 4.98 Å². The van der Waals surface area contributed by atoms with Crippen molar-refractivity contribution in [1.29, 1.82) is 0 Å². The Morgan fingerprint density at radius 3 is 2.79 bits per heavy atom. The van der Waals surface area contributed by atoms with Crippen molar-refractivity contribution in [2.24, 2.45) is 7.05 Å². The summed E-state index contributed by atoms with van der Waals surface area (Å²) in [5.74, 6) is 0.554. The highest BCUT2D eigenvalue weighted by Crippen LogP contribution is 2.22. The van der Waals surface area contributed by atoms with Gasteiger partial charge in [0.05, 0.1) is 5.69 Å². The maximum absolute atomic E-state index is 12.1. The Labute approximate surface area is 114 Å². The molecule has 2 aliphatic rings. The van der Waals surface area contributed by atoms with Gasteiger partial charge in [0, 0.05) is 44.3 Å². The highest BCUT2D eigenvalue weighted by molar-refractivity contribution is 5.91. The number of hydrogen-bond donors (Lipinski definition) is 1. The van der Waals surface area contributed by atoms with Gasteiger partial charge in [-0.2, -0.15) is 0 Å². The average Bonchev–Trinajstić information content (AvgIpc) is 3.12. The zero-order chi connectivity index (χ0) is 13.6. The molecule has 1 aromatic rings. The highest BCUT2D eigenvalue weighted by atomic mass is 16.2. The molecule has 5 nitrogen and oxygen atoms in total. The second kappa shape index (κ2) is 4.63. The van der Waals surface area contributed by atoms with Crippen LogP contribution in [0.3, 0.4) is 0 Å². The van der Waals surface area contributed by atoms with Crippen molar-refractivity contribution in [2.75, 3.05) is 6.54 Å². The Bertz CT molecular complexity index is 502. The molecule has 104 valence electrons. The Morgan fingerprint density at radius 1 is 1.42 bits per heavy atom. The van der Waals surface area contributed by atoms with Crippen LogP contribution in [0.4, 0.5) is 0 Å². The summed E-state index contributed by atoms with van der Waals surface area (Å²) in [4.78, 5) is 19.1. The van der Waals surface area contributed by atoms with E-state index in [1.54, 1.807) is 0 Å². The molecular weight excluding hydrogens is 240 g/mol. The average molecular weight is 262 g/mol. The van der Waals surface area contributed by atoms with Crippen molar-refractivity contribution in [3.63, 3.8) is 0 Å². The number of rotatable bonds is 3. The second-order valence-electron chi connectivity index (χ2n) is 5.95. The Balaban J connectivity index is 1.82. The van der Waals surface area contributed by atoms with Crippen molar-refractivity contribution in [3.8, 4) is 0 Å². The molecule has 1 amide bonds. The van der Waals surface area contributed by atoms with E-state index in [1.807, 2.05) is 11.6 Å². The van der Waals surface area contributed by atoms with E-state index in [4.69, 9.17) is 0 Å². The minimum absolute atomic E-state index is 0.0181. The third-order valence-corrected chi connectivity index (χ3v) is 4.13. The van der Waals surface area contributed by atoms with Crippen molar-refractivity contribution < 1.29 is 4.79 Å². The minimum Gasteiger partial charge on any atom is -0.347 e. The van der Waals surface area contributed by atoms with E-state index in [1.165, 1.54) is 5.69 Å². The number of nitrogens with zero attached hydrogens (tertiary/aromatic N) is 3. The van der Waals surface area contributed by atoms with E-state index >= 15 is 0 Å². The Morgan fingerprint density at radius 2 is 2.16 bits per heavy atom. The number of hydrogen-bond acceptors (Lipinski definition) is 3. The third kappa shape index (κ3) is 2.39. The first kappa shape index (κ1) is 12.7. The van der Waals surface area contributed by atoms with Gasteiger partial charge >= 0.3 is 0 Å². The molecular formula is C14H22N4O. The van der Waals surface area contributed by atoms with Gasteiger partial charge < -0.3 is 9.88 Å². The summed E-state index contributed by atoms with van der Waals surface area (Å²) in [6.45, 7) is 6.31. The lowest BCUT2D eigenvalue weighted by molar-refractivity contribution is 0.0937. The quantitative estimate of drug-likeness (QED) is 0.887. The topological polar surface area (TPSA) is 50.2 Å². The molecule has 1 aliphatic heterocycles. The molecule has 19 heavy (non-hydrogen) atoms. The number of fused-ring (bicyclic) bond motifs is 1. The molecule has 2 heterocycles. The monoisotopic (exact) mass is 262 g/mol. The first-order valence-electron chi connectivity index (χ1n) is 7.15. The summed E-state index contributed by atoms with van der Waals surface area (Å²) in [7, 11) is 1.96. The molecule has 0 radical (unpaired) electrons. The number of carbonyl (C=O) groups is 1. The van der Waals surface area contributed by atoms with Crippen LogP contribution in [0.2, 0.25) is 0 Å². The second-order valence-corrected chi connectivity index (χ2v) is 5.95. The molecule has 0 unspecified atom stereocenters. The predicted molar refractivity (Wildman–Crippen MR) is 72.9 cm³/mol. The normalized spacial score (nSPS) is 19.6. The fourth-order valence-electron chi connectivity index (χ4n) is 2.67. The molecule has 0 spiro atoms. The zero-order valence-electron chi connectivity index (χ0n) is 11.9. The fraction of sp³-hybridized carbons (Fsp3) is 0.714. The molecule has 0 aromatic carbocycles. The lowest BCUT2D eigenvalue weighted by Crippen LogP contribution is -2.36. The van der Waals surface area contributed by atoms with Gasteiger partial charge in [0.25, 0.3) is 5.91 Å². The van der Waals surface area contributed by atoms with E-state index in [-0.39, 0.29) is 5.91 Å². The Kier molecular flexibility index (Phi) is 3.09. The van der Waals surface area contributed by atoms with Crippen molar-refractivity contribution in [2.45, 2.75) is 51.7 Å². The first-order valence-corrected chi connectivity index (χ1v) is 7.15. The lowest BCUT2D eigenvalue weighted by atomic mass is 10.1. The van der Waals surface area contributed by atoms with Gasteiger partial charge in [-0.3, -0.25) is 9.69 Å². The minimum atomic E-state index is -0.0181. The van der Waals surface area contributed by atoms with Crippen LogP contribution in [0.5, 0.6) is 0 Å². The van der Waals surface area contributed by atoms with Crippen LogP contribution in [0.1, 0.15) is 48.7 Å². The summed E-state index contributed by atoms with van der Waals surface area (Å²) in [6, 6.07) is 0.910. The van der Waals surface area contributed by atoms with Crippen molar-refractivity contribution in [3.05, 3.63) is 17.2 Å². The lowest BCUT2D eigenvalue weighted by Gasteiger charge is -2.29. The standard InChI is InChI=1S/C14H22N4O/c1-9(2)18-7-6-12-11(8-18)16-13(17(12)3)14(19)15-10-4-5-10/h9-10H,4-8H2,1-3H3,(H,15,19). The molecule has 0 atom stereocenters. The first-order chi connectivity index (χ1) is 9.06. The molecule has 3 rings (SSSR count). The smallest absolute Gasteiger partial charge is 0.287 e. The summed E-state index contributed by atoms with van der Waals surface area (Å²) in [6.07, 6.45) is 3.20. The van der Waals surface area contributed by atoms with Crippen LogP contribution in [0.15, 0.2) is 0 Å². The van der Waals surface area contributed by atoms with Gasteiger partial charge in [-0.05, 0) is 26.7 Å². The number of amides is 1. The zero-order valence-corrected chi connectivity index (χ0v) is 11.9. The van der Waals surface area contributed by atoms with Gasteiger partial charge in [0.2, 0.25) is 0 Å². The Hall–Kier alpha value is -1.36. The van der Waals surface area contributed by atoms with E-state index in [0.29, 0.717) is 17.9 Å². The molecule has 1 N–H and O–H groups in total. The number of imidazole rings is 1. The van der Waals surface area contributed by atoms with Crippen LogP contribution in [-0.2, 0) is 20.0 Å². The van der Waals surface area contributed by atoms with E-state index < -0.39 is 0 Å². The number of carbonyl (C=O) groups excluding carboxylic acids is 1. The maximum atomic E-state index is 12.1. The van der Waals surface area contributed by atoms with Crippen LogP contribution in [0.25, 0.3) is 0 Å². The SMILES string of the molecule is CC(C)N1CCc2c(nc(C(=O)NC3CC3)n2C)C1. The molecule has 1 aromatic heterocycles. The molecule has 1 fully saturated rings. The van der Waals surface area contributed by atoms with E-state index in [9.17, 15) is 4.79 Å². The van der Waals surface area contributed by atoms with E-state index in [2.05, 4.69) is 29.0 Å². The number of nitrogens with one attached hydrogen (secondary N) is 1. The summed E-state index contributed by atoms with van der Waals surface area (Å²) in [5, 5.41) is 3.02. The molecule has 5 heteroatoms. The molecule has 1 aliphatic carbocycles. The van der Waals surface area contributed by atoms with Crippen LogP contribution >= 0.6 is 0 Å². The van der Waals surface area contributed by atoms with Crippen LogP contribution in [0, 0.1) is 0 Å². The van der Waals surface area contributed by atoms with Gasteiger partial charge in [0.1, 0.15) is 0 Å². The van der Waals surface area contributed by atoms with E-state index in [0.717, 1.165) is 38.0 Å². The summed E-state index contributed by atoms with van der Waals surface area (Å²) < 4.78 is 1.98. The summed E-state index contributed by atoms with van der Waals surface area (Å²) >= 11 is 0. The van der Waals surface area contributed by atoms with Crippen molar-refractivity contribution in [1.82, 2.24) is 19.8 Å². The summed E-state index contributed by atoms with van der Waals surface area (Å²) in [5.41, 5.74) is 2.29. The number of aromatic nitrogens is 2. The largest absolute Gasteiger partial charge is 0.347 e. The maximum Gasteiger partial charge on any atom is 0.287 e. The van der Waals surface area contributed by atoms with Crippen LogP contribution in [-0.4, -0.2) is 39.0 Å². The molecule has 1 saturated carbocycles. The van der Waals surface area contributed by atoms with Gasteiger partial charge in [0.15, 0.2) is 5.82 Å². The molecule has 0 saturated heterocycles. The van der Waals surface area contributed by atoms with Gasteiger partial charge in [-0.15, -0.1) is 0 Å². The third-order valence-electron chi connectivity index (χ3n) is 4.13. The highest BCUT2D eigenvalue weighted by Gasteiger charge is 2.29. The van der Waals surface area contributed by atoms with Crippen molar-refractivity contribution >= 4 is 5.91 Å². The predicted octanol–water partition coefficient (Wildman–Crippen LogP) is 1.08.